The summed E-state index contributed by atoms with van der Waals surface area (Å²) in [7, 11) is -7.75. The van der Waals surface area contributed by atoms with Crippen LogP contribution in [0.25, 0.3) is 50.8 Å². The molecule has 24 nitrogen and oxygen atoms in total. The van der Waals surface area contributed by atoms with Gasteiger partial charge in [0.25, 0.3) is 23.6 Å². The van der Waals surface area contributed by atoms with E-state index in [1.165, 1.54) is 98.3 Å². The lowest BCUT2D eigenvalue weighted by molar-refractivity contribution is 0.101. The van der Waals surface area contributed by atoms with Crippen molar-refractivity contribution in [1.82, 2.24) is 44.0 Å². The summed E-state index contributed by atoms with van der Waals surface area (Å²) in [5.74, 6) is -0.826. The van der Waals surface area contributed by atoms with Crippen LogP contribution in [0.15, 0.2) is 276 Å². The predicted octanol–water partition coefficient (Wildman–Crippen LogP) is 15.0. The topological polar surface area (TPSA) is 343 Å². The lowest BCUT2D eigenvalue weighted by atomic mass is 10.1. The number of anilines is 4. The average molecular weight is 1570 g/mol. The molecule has 106 heavy (non-hydrogen) atoms. The molecular weight excluding hydrogens is 1510 g/mol. The predicted molar refractivity (Wildman–Crippen MR) is 412 cm³/mol. The maximum atomic E-state index is 12.5. The first-order chi connectivity index (χ1) is 50.7. The van der Waals surface area contributed by atoms with Gasteiger partial charge in [-0.15, -0.1) is 11.3 Å². The Bertz CT molecular complexity index is 5660. The lowest BCUT2D eigenvalue weighted by Gasteiger charge is -2.12. The van der Waals surface area contributed by atoms with Crippen LogP contribution in [0.2, 0.25) is 20.1 Å². The van der Waals surface area contributed by atoms with E-state index in [1.54, 1.807) is 122 Å². The summed E-state index contributed by atoms with van der Waals surface area (Å²) >= 11 is 25.9. The number of aromatic nitrogens is 8. The summed E-state index contributed by atoms with van der Waals surface area (Å²) in [6.45, 7) is 0. The number of carbonyl (C=O) groups is 4. The Labute approximate surface area is 633 Å². The highest BCUT2D eigenvalue weighted by Crippen LogP contribution is 2.34. The molecule has 7 aromatic heterocycles. The van der Waals surface area contributed by atoms with Crippen molar-refractivity contribution < 1.29 is 44.4 Å². The largest absolute Gasteiger partial charge is 0.322 e. The van der Waals surface area contributed by atoms with Gasteiger partial charge in [-0.2, -0.15) is 5.10 Å². The fraction of sp³-hybridized carbons (Fsp3) is 0.0405. The third-order valence-electron chi connectivity index (χ3n) is 14.8. The molecule has 13 aromatic rings. The van der Waals surface area contributed by atoms with Crippen molar-refractivity contribution in [3.63, 3.8) is 0 Å². The molecule has 32 heteroatoms. The van der Waals surface area contributed by atoms with Crippen molar-refractivity contribution in [3.8, 4) is 50.8 Å². The van der Waals surface area contributed by atoms with Crippen LogP contribution in [0.1, 0.15) is 40.7 Å². The molecule has 0 aliphatic rings. The van der Waals surface area contributed by atoms with Gasteiger partial charge in [-0.3, -0.25) is 39.1 Å². The van der Waals surface area contributed by atoms with E-state index in [2.05, 4.69) is 56.3 Å². The van der Waals surface area contributed by atoms with E-state index in [-0.39, 0.29) is 37.6 Å². The van der Waals surface area contributed by atoms with E-state index in [0.29, 0.717) is 104 Å². The Kier molecular flexibility index (Phi) is 25.5. The number of hydrogen-bond acceptors (Lipinski definition) is 18. The lowest BCUT2D eigenvalue weighted by Crippen LogP contribution is -2.22. The molecule has 7 heterocycles. The number of sulfone groups is 1. The summed E-state index contributed by atoms with van der Waals surface area (Å²) in [6.07, 6.45) is 12.2. The molecule has 0 saturated carbocycles. The first-order valence-corrected chi connectivity index (χ1v) is 38.2. The van der Waals surface area contributed by atoms with Crippen molar-refractivity contribution in [2.45, 2.75) is 14.0 Å². The first-order valence-electron chi connectivity index (χ1n) is 31.0. The maximum absolute atomic E-state index is 12.5. The number of benzene rings is 6. The quantitative estimate of drug-likeness (QED) is 0.0565. The third kappa shape index (κ3) is 20.6. The first kappa shape index (κ1) is 77.3. The van der Waals surface area contributed by atoms with Crippen LogP contribution in [-0.2, 0) is 29.9 Å². The minimum absolute atomic E-state index is 0.0574. The van der Waals surface area contributed by atoms with E-state index >= 15 is 0 Å². The normalized spacial score (nSPS) is 11.1. The van der Waals surface area contributed by atoms with Crippen LogP contribution in [0.3, 0.4) is 0 Å². The molecule has 0 saturated heterocycles. The van der Waals surface area contributed by atoms with E-state index in [4.69, 9.17) is 51.5 Å². The van der Waals surface area contributed by atoms with Crippen molar-refractivity contribution >= 4 is 134 Å². The van der Waals surface area contributed by atoms with Crippen molar-refractivity contribution in [2.75, 3.05) is 41.6 Å². The van der Waals surface area contributed by atoms with Crippen LogP contribution in [0.5, 0.6) is 0 Å². The van der Waals surface area contributed by atoms with Gasteiger partial charge in [0.15, 0.2) is 15.7 Å². The maximum Gasteiger partial charge on any atom is 0.265 e. The molecular formula is C74H58Cl4N14O10S4. The Morgan fingerprint density at radius 3 is 1.11 bits per heavy atom. The molecule has 0 atom stereocenters. The molecule has 6 aromatic carbocycles. The molecule has 0 aliphatic carbocycles. The second kappa shape index (κ2) is 35.0. The Morgan fingerprint density at radius 1 is 0.434 bits per heavy atom. The molecule has 0 bridgehead atoms. The molecule has 536 valence electrons. The molecule has 0 fully saturated rings. The van der Waals surface area contributed by atoms with Gasteiger partial charge in [0.1, 0.15) is 16.9 Å². The van der Waals surface area contributed by atoms with Crippen LogP contribution in [0.4, 0.5) is 22.7 Å². The number of primary sulfonamides is 1. The van der Waals surface area contributed by atoms with Gasteiger partial charge in [0.2, 0.25) is 20.0 Å². The summed E-state index contributed by atoms with van der Waals surface area (Å²) in [4.78, 5) is 75.3. The minimum Gasteiger partial charge on any atom is -0.322 e. The number of rotatable bonds is 17. The van der Waals surface area contributed by atoms with E-state index < -0.39 is 29.9 Å². The average Bonchev–Trinajstić information content (AvgIpc) is 1.50. The van der Waals surface area contributed by atoms with Gasteiger partial charge < -0.3 is 21.3 Å². The van der Waals surface area contributed by atoms with Gasteiger partial charge in [-0.25, -0.2) is 49.3 Å². The molecule has 0 unspecified atom stereocenters. The minimum atomic E-state index is -3.80. The Morgan fingerprint density at radius 2 is 0.802 bits per heavy atom. The highest BCUT2D eigenvalue weighted by atomic mass is 35.5. The van der Waals surface area contributed by atoms with Crippen molar-refractivity contribution in [2.24, 2.45) is 5.14 Å². The molecule has 6 N–H and O–H groups in total. The summed E-state index contributed by atoms with van der Waals surface area (Å²) in [6, 6.07) is 60.0. The van der Waals surface area contributed by atoms with E-state index in [1.807, 2.05) is 60.7 Å². The Hall–Kier alpha value is -11.3. The van der Waals surface area contributed by atoms with Crippen LogP contribution < -0.4 is 26.4 Å². The smallest absolute Gasteiger partial charge is 0.265 e. The number of carbonyl (C=O) groups excluding carboxylic acids is 4. The van der Waals surface area contributed by atoms with Crippen molar-refractivity contribution in [1.29, 1.82) is 0 Å². The fourth-order valence-corrected chi connectivity index (χ4v) is 13.6. The van der Waals surface area contributed by atoms with Gasteiger partial charge in [0.05, 0.1) is 63.1 Å². The molecule has 0 spiro atoms. The number of hydrogen-bond donors (Lipinski definition) is 5. The highest BCUT2D eigenvalue weighted by molar-refractivity contribution is 7.92. The zero-order valence-electron chi connectivity index (χ0n) is 55.7. The summed E-state index contributed by atoms with van der Waals surface area (Å²) in [5, 5.41) is 22.3. The van der Waals surface area contributed by atoms with Gasteiger partial charge in [0, 0.05) is 107 Å². The zero-order valence-corrected chi connectivity index (χ0v) is 61.9. The second-order valence-corrected chi connectivity index (χ2v) is 31.1. The van der Waals surface area contributed by atoms with Gasteiger partial charge in [-0.1, -0.05) is 70.7 Å². The van der Waals surface area contributed by atoms with Crippen molar-refractivity contribution in [3.05, 3.63) is 304 Å². The Balaban J connectivity index is 0.000000151. The van der Waals surface area contributed by atoms with E-state index in [0.717, 1.165) is 33.2 Å². The number of thiophene rings is 1. The molecule has 4 amide bonds. The number of sulfonamides is 2. The van der Waals surface area contributed by atoms with E-state index in [9.17, 15) is 44.4 Å². The van der Waals surface area contributed by atoms with Crippen LogP contribution >= 0.6 is 57.7 Å². The fourth-order valence-electron chi connectivity index (χ4n) is 9.50. The second-order valence-electron chi connectivity index (χ2n) is 22.5. The van der Waals surface area contributed by atoms with Gasteiger partial charge >= 0.3 is 0 Å². The molecule has 0 radical (unpaired) electrons. The number of nitrogens with zero attached hydrogens (tertiary/aromatic N) is 9. The third-order valence-corrected chi connectivity index (χ3v) is 21.8. The molecule has 13 rings (SSSR count). The van der Waals surface area contributed by atoms with Crippen LogP contribution in [0, 0.1) is 0 Å². The number of nitrogens with two attached hydrogens (primary N) is 1. The number of halogens is 4. The summed E-state index contributed by atoms with van der Waals surface area (Å²) in [5.41, 5.74) is 8.96. The van der Waals surface area contributed by atoms with Gasteiger partial charge in [-0.05, 0) is 194 Å². The number of amides is 4. The zero-order chi connectivity index (χ0) is 75.7. The standard InChI is InChI=1S/C20H18ClN3O3S.C19H13ClN6O.C18H14ClN3O3S.C17H13ClN2O3S2/c1-24(2)28(26,27)16-9-6-14(7-10-16)20(25)23-15-8-11-18(21)17(13-15)19-5-3-4-12-22-19;20-16-6-5-14(9-15(16)17-3-1-2-8-22-17)25-19(27)13-4-7-18(23-10-13)26-12-21-11-24-26;19-16-9-6-13(11-15(16)17-3-1-2-10-21-17)22-18(23)12-4-7-14(8-5-12)26(20,24)25;1-25(22,23)16-8-7-15(24-16)17(21)20-11-5-6-13(18)12(10-11)14-4-2-3-9-19-14/h3-13H,1-2H3,(H,23,25);1-12H,(H,25,27);1-11H,(H,22,23)(H2,20,24,25);2-10H,1H3,(H,20,21). The van der Waals surface area contributed by atoms with Crippen LogP contribution in [-0.4, -0.2) is 113 Å². The SMILES string of the molecule is CN(C)S(=O)(=O)c1ccc(C(=O)Nc2ccc(Cl)c(-c3ccccn3)c2)cc1.CS(=O)(=O)c1ccc(C(=O)Nc2ccc(Cl)c(-c3ccccn3)c2)s1.NS(=O)(=O)c1ccc(C(=O)Nc2ccc(Cl)c(-c3ccccn3)c2)cc1.O=C(Nc1ccc(Cl)c(-c2ccccn2)c1)c1ccc(-n2cncn2)nc1. The highest BCUT2D eigenvalue weighted by Gasteiger charge is 2.21. The monoisotopic (exact) mass is 1570 g/mol. The number of pyridine rings is 5. The molecule has 0 aliphatic heterocycles. The number of nitrogens with one attached hydrogen (secondary N) is 4. The summed E-state index contributed by atoms with van der Waals surface area (Å²) < 4.78 is 72.6.